The molecule has 0 aliphatic carbocycles. The van der Waals surface area contributed by atoms with E-state index >= 15 is 0 Å². The molecule has 0 aromatic rings. The van der Waals surface area contributed by atoms with Crippen molar-refractivity contribution in [3.63, 3.8) is 0 Å². The normalized spacial score (nSPS) is 25.7. The van der Waals surface area contributed by atoms with E-state index in [0.29, 0.717) is 13.0 Å². The molecule has 7 heteroatoms. The number of aliphatic hydroxyl groups excluding tert-OH is 1. The Morgan fingerprint density at radius 1 is 1.13 bits per heavy atom. The molecule has 0 saturated carbocycles. The number of aliphatic hydroxyl groups is 1. The largest absolute Gasteiger partial charge is 0.444 e. The van der Waals surface area contributed by atoms with E-state index in [1.54, 1.807) is 48.5 Å². The highest BCUT2D eigenvalue weighted by molar-refractivity contribution is 5.71. The number of likely N-dealkylation sites (tertiary alicyclic amines) is 1. The topological polar surface area (TPSA) is 88.1 Å². The Bertz CT molecular complexity index is 452. The molecule has 2 atom stereocenters. The van der Waals surface area contributed by atoms with Gasteiger partial charge in [-0.3, -0.25) is 0 Å². The minimum Gasteiger partial charge on any atom is -0.444 e. The van der Waals surface area contributed by atoms with Gasteiger partial charge in [-0.2, -0.15) is 0 Å². The number of nitrogens with one attached hydrogen (secondary N) is 1. The Hall–Kier alpha value is -1.50. The summed E-state index contributed by atoms with van der Waals surface area (Å²) in [5, 5.41) is 12.9. The number of piperidine rings is 1. The number of amides is 2. The molecule has 1 rings (SSSR count). The molecular formula is C16H30N2O5. The van der Waals surface area contributed by atoms with E-state index in [-0.39, 0.29) is 6.54 Å². The first-order chi connectivity index (χ1) is 10.2. The van der Waals surface area contributed by atoms with Gasteiger partial charge >= 0.3 is 12.2 Å². The molecule has 2 N–H and O–H groups in total. The minimum atomic E-state index is -0.989. The maximum Gasteiger partial charge on any atom is 0.410 e. The van der Waals surface area contributed by atoms with Crippen LogP contribution in [0.2, 0.25) is 0 Å². The second-order valence-corrected chi connectivity index (χ2v) is 8.25. The Kier molecular flexibility index (Phi) is 5.57. The summed E-state index contributed by atoms with van der Waals surface area (Å²) in [7, 11) is 0. The van der Waals surface area contributed by atoms with Gasteiger partial charge in [0.05, 0.1) is 11.6 Å². The van der Waals surface area contributed by atoms with E-state index in [1.165, 1.54) is 4.90 Å². The molecule has 0 radical (unpaired) electrons. The monoisotopic (exact) mass is 330 g/mol. The number of hydrogen-bond donors (Lipinski definition) is 2. The van der Waals surface area contributed by atoms with Gasteiger partial charge in [-0.05, 0) is 54.9 Å². The summed E-state index contributed by atoms with van der Waals surface area (Å²) in [4.78, 5) is 25.7. The average molecular weight is 330 g/mol. The van der Waals surface area contributed by atoms with Crippen LogP contribution >= 0.6 is 0 Å². The van der Waals surface area contributed by atoms with Crippen LogP contribution < -0.4 is 5.32 Å². The van der Waals surface area contributed by atoms with Crippen LogP contribution in [-0.4, -0.2) is 58.1 Å². The van der Waals surface area contributed by atoms with Gasteiger partial charge in [0.15, 0.2) is 0 Å². The van der Waals surface area contributed by atoms with Crippen LogP contribution in [0, 0.1) is 0 Å². The molecule has 1 aliphatic heterocycles. The number of rotatable bonds is 1. The first-order valence-corrected chi connectivity index (χ1v) is 7.89. The predicted octanol–water partition coefficient (Wildman–Crippen LogP) is 2.27. The maximum absolute atomic E-state index is 12.2. The highest BCUT2D eigenvalue weighted by Crippen LogP contribution is 2.24. The van der Waals surface area contributed by atoms with Gasteiger partial charge in [0, 0.05) is 13.1 Å². The lowest BCUT2D eigenvalue weighted by Crippen LogP contribution is -2.65. The fraction of sp³-hybridized carbons (Fsp3) is 0.875. The molecule has 0 bridgehead atoms. The first-order valence-electron chi connectivity index (χ1n) is 7.89. The Labute approximate surface area is 138 Å². The zero-order valence-electron chi connectivity index (χ0n) is 15.2. The van der Waals surface area contributed by atoms with Gasteiger partial charge in [-0.15, -0.1) is 0 Å². The van der Waals surface area contributed by atoms with E-state index in [0.717, 1.165) is 0 Å². The third-order valence-corrected chi connectivity index (χ3v) is 3.37. The van der Waals surface area contributed by atoms with Crippen molar-refractivity contribution in [3.05, 3.63) is 0 Å². The van der Waals surface area contributed by atoms with Crippen LogP contribution in [0.1, 0.15) is 54.9 Å². The zero-order valence-corrected chi connectivity index (χ0v) is 15.2. The van der Waals surface area contributed by atoms with Crippen LogP contribution in [0.3, 0.4) is 0 Å². The maximum atomic E-state index is 12.2. The molecule has 0 aromatic heterocycles. The van der Waals surface area contributed by atoms with Crippen molar-refractivity contribution < 1.29 is 24.2 Å². The minimum absolute atomic E-state index is 0.155. The van der Waals surface area contributed by atoms with Crippen LogP contribution in [0.25, 0.3) is 0 Å². The molecule has 0 aromatic carbocycles. The number of carbonyl (C=O) groups excluding carboxylic acids is 2. The number of nitrogens with zero attached hydrogens (tertiary/aromatic N) is 1. The molecule has 2 amide bonds. The van der Waals surface area contributed by atoms with E-state index in [9.17, 15) is 14.7 Å². The van der Waals surface area contributed by atoms with E-state index < -0.39 is 35.0 Å². The van der Waals surface area contributed by atoms with Crippen molar-refractivity contribution >= 4 is 12.2 Å². The van der Waals surface area contributed by atoms with Gasteiger partial charge in [0.25, 0.3) is 0 Å². The van der Waals surface area contributed by atoms with Crippen molar-refractivity contribution in [1.82, 2.24) is 10.2 Å². The molecule has 134 valence electrons. The number of ether oxygens (including phenoxy) is 2. The Morgan fingerprint density at radius 3 is 2.13 bits per heavy atom. The molecule has 1 fully saturated rings. The second-order valence-electron chi connectivity index (χ2n) is 8.25. The van der Waals surface area contributed by atoms with Gasteiger partial charge in [-0.1, -0.05) is 0 Å². The van der Waals surface area contributed by atoms with Crippen LogP contribution in [-0.2, 0) is 9.47 Å². The summed E-state index contributed by atoms with van der Waals surface area (Å²) in [6.45, 7) is 12.9. The van der Waals surface area contributed by atoms with Gasteiger partial charge < -0.3 is 24.8 Å². The summed E-state index contributed by atoms with van der Waals surface area (Å²) < 4.78 is 10.6. The van der Waals surface area contributed by atoms with Crippen LogP contribution in [0.4, 0.5) is 9.59 Å². The van der Waals surface area contributed by atoms with E-state index in [1.807, 2.05) is 0 Å². The fourth-order valence-corrected chi connectivity index (χ4v) is 2.32. The van der Waals surface area contributed by atoms with E-state index in [2.05, 4.69) is 5.32 Å². The molecule has 1 aliphatic rings. The summed E-state index contributed by atoms with van der Waals surface area (Å²) in [6, 6.07) is 0. The Morgan fingerprint density at radius 2 is 1.65 bits per heavy atom. The molecule has 0 spiro atoms. The summed E-state index contributed by atoms with van der Waals surface area (Å²) in [6.07, 6.45) is -1.49. The molecule has 2 unspecified atom stereocenters. The van der Waals surface area contributed by atoms with Crippen molar-refractivity contribution in [2.75, 3.05) is 13.1 Å². The summed E-state index contributed by atoms with van der Waals surface area (Å²) >= 11 is 0. The molecule has 7 nitrogen and oxygen atoms in total. The molecule has 23 heavy (non-hydrogen) atoms. The molecule has 1 saturated heterocycles. The van der Waals surface area contributed by atoms with Crippen molar-refractivity contribution in [3.8, 4) is 0 Å². The SMILES string of the molecule is CC(C)(C)OC(=O)NC1(C)CN(C(=O)OC(C)(C)C)CCC1O. The summed E-state index contributed by atoms with van der Waals surface area (Å²) in [5.74, 6) is 0. The number of alkyl carbamates (subject to hydrolysis) is 1. The number of carbonyl (C=O) groups is 2. The van der Waals surface area contributed by atoms with Crippen LogP contribution in [0.5, 0.6) is 0 Å². The van der Waals surface area contributed by atoms with Gasteiger partial charge in [0.1, 0.15) is 11.2 Å². The number of hydrogen-bond acceptors (Lipinski definition) is 5. The van der Waals surface area contributed by atoms with E-state index in [4.69, 9.17) is 9.47 Å². The van der Waals surface area contributed by atoms with Gasteiger partial charge in [-0.25, -0.2) is 9.59 Å². The highest BCUT2D eigenvalue weighted by atomic mass is 16.6. The lowest BCUT2D eigenvalue weighted by molar-refractivity contribution is -0.0290. The molecule has 1 heterocycles. The second kappa shape index (κ2) is 6.55. The predicted molar refractivity (Wildman–Crippen MR) is 86.2 cm³/mol. The third kappa shape index (κ3) is 6.25. The Balaban J connectivity index is 2.76. The van der Waals surface area contributed by atoms with Crippen LogP contribution in [0.15, 0.2) is 0 Å². The fourth-order valence-electron chi connectivity index (χ4n) is 2.32. The highest BCUT2D eigenvalue weighted by Gasteiger charge is 2.43. The average Bonchev–Trinajstić information content (AvgIpc) is 2.27. The quantitative estimate of drug-likeness (QED) is 0.770. The zero-order chi connectivity index (χ0) is 18.1. The lowest BCUT2D eigenvalue weighted by atomic mass is 9.88. The standard InChI is InChI=1S/C16H30N2O5/c1-14(2,3)22-12(20)17-16(7)10-18(9-8-11(16)19)13(21)23-15(4,5)6/h11,19H,8-10H2,1-7H3,(H,17,20). The lowest BCUT2D eigenvalue weighted by Gasteiger charge is -2.44. The third-order valence-electron chi connectivity index (χ3n) is 3.37. The van der Waals surface area contributed by atoms with Gasteiger partial charge in [0.2, 0.25) is 0 Å². The van der Waals surface area contributed by atoms with Crippen molar-refractivity contribution in [2.45, 2.75) is 77.7 Å². The van der Waals surface area contributed by atoms with Crippen molar-refractivity contribution in [2.24, 2.45) is 0 Å². The first kappa shape index (κ1) is 19.5. The summed E-state index contributed by atoms with van der Waals surface area (Å²) in [5.41, 5.74) is -2.22. The molecular weight excluding hydrogens is 300 g/mol. The van der Waals surface area contributed by atoms with Crippen molar-refractivity contribution in [1.29, 1.82) is 0 Å². The smallest absolute Gasteiger partial charge is 0.410 e.